The quantitative estimate of drug-likeness (QED) is 0.740. The maximum Gasteiger partial charge on any atom is 0.509 e. The van der Waals surface area contributed by atoms with Crippen molar-refractivity contribution in [3.63, 3.8) is 0 Å². The molecule has 0 saturated heterocycles. The van der Waals surface area contributed by atoms with Crippen LogP contribution in [-0.2, 0) is 17.0 Å². The number of hydrogen-bond donors (Lipinski definition) is 1. The van der Waals surface area contributed by atoms with Gasteiger partial charge in [0.15, 0.2) is 0 Å². The molecule has 1 aromatic carbocycles. The molecule has 140 valence electrons. The Labute approximate surface area is 150 Å². The van der Waals surface area contributed by atoms with Crippen molar-refractivity contribution in [3.05, 3.63) is 40.6 Å². The van der Waals surface area contributed by atoms with Gasteiger partial charge in [0.1, 0.15) is 0 Å². The van der Waals surface area contributed by atoms with Crippen LogP contribution in [0.1, 0.15) is 49.7 Å². The van der Waals surface area contributed by atoms with Gasteiger partial charge in [-0.2, -0.15) is 24.9 Å². The standard InChI is InChI=1S/C18H24F3NO2S/c19-18(20,21)17(23)22(24)11-5-8-14-6-4-7-15(12-14)13-25-16-9-2-1-3-10-16/h4,6-7,12,16,22H,1-3,5,8-11,13H2. The summed E-state index contributed by atoms with van der Waals surface area (Å²) in [6.07, 6.45) is 2.19. The van der Waals surface area contributed by atoms with Gasteiger partial charge in [-0.1, -0.05) is 43.5 Å². The van der Waals surface area contributed by atoms with E-state index in [1.54, 1.807) is 0 Å². The Bertz CT molecular complexity index is 559. The predicted octanol–water partition coefficient (Wildman–Crippen LogP) is 3.66. The number of hydroxylamine groups is 2. The van der Waals surface area contributed by atoms with Crippen LogP contribution in [0, 0.1) is 5.21 Å². The second-order valence-electron chi connectivity index (χ2n) is 6.49. The van der Waals surface area contributed by atoms with Crippen LogP contribution in [0.4, 0.5) is 13.2 Å². The summed E-state index contributed by atoms with van der Waals surface area (Å²) < 4.78 is 36.5. The summed E-state index contributed by atoms with van der Waals surface area (Å²) in [5.74, 6) is -1.31. The van der Waals surface area contributed by atoms with E-state index in [2.05, 4.69) is 6.07 Å². The molecule has 7 heteroatoms. The van der Waals surface area contributed by atoms with Crippen molar-refractivity contribution in [2.45, 2.75) is 62.1 Å². The molecule has 1 saturated carbocycles. The number of carbonyl (C=O) groups is 1. The van der Waals surface area contributed by atoms with Gasteiger partial charge in [-0.05, 0) is 30.4 Å². The number of amides is 1. The number of thioether (sulfide) groups is 1. The van der Waals surface area contributed by atoms with Crippen LogP contribution in [-0.4, -0.2) is 23.9 Å². The topological polar surface area (TPSA) is 44.6 Å². The van der Waals surface area contributed by atoms with Crippen LogP contribution in [0.2, 0.25) is 0 Å². The molecule has 1 atom stereocenters. The fraction of sp³-hybridized carbons (Fsp3) is 0.611. The van der Waals surface area contributed by atoms with Crippen LogP contribution >= 0.6 is 11.8 Å². The molecule has 0 aromatic heterocycles. The SMILES string of the molecule is O=C([NH+]([O-])CCCc1cccc(CSC2CCCCC2)c1)C(F)(F)F. The van der Waals surface area contributed by atoms with E-state index in [4.69, 9.17) is 0 Å². The highest BCUT2D eigenvalue weighted by Gasteiger charge is 2.44. The minimum Gasteiger partial charge on any atom is -0.627 e. The van der Waals surface area contributed by atoms with Gasteiger partial charge in [-0.3, -0.25) is 0 Å². The fourth-order valence-corrected chi connectivity index (χ4v) is 4.32. The molecule has 1 N–H and O–H groups in total. The lowest BCUT2D eigenvalue weighted by atomic mass is 10.0. The van der Waals surface area contributed by atoms with E-state index in [-0.39, 0.29) is 13.0 Å². The molecule has 1 aliphatic carbocycles. The van der Waals surface area contributed by atoms with Crippen molar-refractivity contribution in [1.82, 2.24) is 0 Å². The molecule has 0 bridgehead atoms. The van der Waals surface area contributed by atoms with Crippen molar-refractivity contribution >= 4 is 17.7 Å². The van der Waals surface area contributed by atoms with Crippen LogP contribution in [0.25, 0.3) is 0 Å². The number of halogens is 3. The van der Waals surface area contributed by atoms with E-state index in [0.29, 0.717) is 6.42 Å². The molecular weight excluding hydrogens is 351 g/mol. The average molecular weight is 375 g/mol. The van der Waals surface area contributed by atoms with Gasteiger partial charge >= 0.3 is 12.1 Å². The summed E-state index contributed by atoms with van der Waals surface area (Å²) in [6, 6.07) is 7.95. The van der Waals surface area contributed by atoms with E-state index in [0.717, 1.165) is 16.6 Å². The van der Waals surface area contributed by atoms with E-state index < -0.39 is 17.1 Å². The Morgan fingerprint density at radius 3 is 2.56 bits per heavy atom. The number of quaternary nitrogens is 1. The van der Waals surface area contributed by atoms with Crippen LogP contribution in [0.3, 0.4) is 0 Å². The summed E-state index contributed by atoms with van der Waals surface area (Å²) in [7, 11) is 0. The van der Waals surface area contributed by atoms with Crippen molar-refractivity contribution in [2.75, 3.05) is 6.54 Å². The molecule has 1 amide bonds. The number of benzene rings is 1. The second-order valence-corrected chi connectivity index (χ2v) is 7.78. The van der Waals surface area contributed by atoms with E-state index in [1.807, 2.05) is 30.0 Å². The molecule has 0 aliphatic heterocycles. The first-order valence-corrected chi connectivity index (χ1v) is 9.75. The van der Waals surface area contributed by atoms with Crippen molar-refractivity contribution in [3.8, 4) is 0 Å². The summed E-state index contributed by atoms with van der Waals surface area (Å²) in [5.41, 5.74) is 2.19. The highest BCUT2D eigenvalue weighted by Crippen LogP contribution is 2.30. The third-order valence-corrected chi connectivity index (χ3v) is 5.85. The number of carbonyl (C=O) groups excluding carboxylic acids is 1. The predicted molar refractivity (Wildman–Crippen MR) is 93.2 cm³/mol. The number of aryl methyl sites for hydroxylation is 1. The van der Waals surface area contributed by atoms with Gasteiger partial charge < -0.3 is 10.3 Å². The van der Waals surface area contributed by atoms with Gasteiger partial charge in [0.05, 0.1) is 6.54 Å². The molecule has 0 radical (unpaired) electrons. The molecule has 1 aliphatic rings. The molecule has 3 nitrogen and oxygen atoms in total. The average Bonchev–Trinajstić information content (AvgIpc) is 2.59. The van der Waals surface area contributed by atoms with Gasteiger partial charge in [0.2, 0.25) is 0 Å². The molecule has 1 aromatic rings. The smallest absolute Gasteiger partial charge is 0.509 e. The molecule has 25 heavy (non-hydrogen) atoms. The third-order valence-electron chi connectivity index (χ3n) is 4.41. The fourth-order valence-electron chi connectivity index (χ4n) is 3.05. The highest BCUT2D eigenvalue weighted by atomic mass is 32.2. The minimum absolute atomic E-state index is 0.250. The molecule has 0 heterocycles. The van der Waals surface area contributed by atoms with Crippen molar-refractivity contribution in [1.29, 1.82) is 0 Å². The first-order valence-electron chi connectivity index (χ1n) is 8.70. The van der Waals surface area contributed by atoms with Gasteiger partial charge in [-0.15, -0.1) is 0 Å². The van der Waals surface area contributed by atoms with E-state index >= 15 is 0 Å². The molecule has 0 spiro atoms. The maximum atomic E-state index is 12.2. The Morgan fingerprint density at radius 2 is 1.88 bits per heavy atom. The van der Waals surface area contributed by atoms with Crippen LogP contribution < -0.4 is 5.06 Å². The van der Waals surface area contributed by atoms with Crippen LogP contribution in [0.5, 0.6) is 0 Å². The Hall–Kier alpha value is -1.05. The Balaban J connectivity index is 1.76. The number of nitrogens with one attached hydrogen (secondary N) is 1. The van der Waals surface area contributed by atoms with E-state index in [9.17, 15) is 23.2 Å². The van der Waals surface area contributed by atoms with Gasteiger partial charge in [-0.25, -0.2) is 4.79 Å². The van der Waals surface area contributed by atoms with E-state index in [1.165, 1.54) is 37.7 Å². The summed E-state index contributed by atoms with van der Waals surface area (Å²) in [6.45, 7) is -0.362. The number of hydrogen-bond acceptors (Lipinski definition) is 3. The van der Waals surface area contributed by atoms with Gasteiger partial charge in [0, 0.05) is 17.4 Å². The zero-order valence-electron chi connectivity index (χ0n) is 14.1. The summed E-state index contributed by atoms with van der Waals surface area (Å²) in [4.78, 5) is 10.8. The summed E-state index contributed by atoms with van der Waals surface area (Å²) >= 11 is 1.97. The Morgan fingerprint density at radius 1 is 1.20 bits per heavy atom. The van der Waals surface area contributed by atoms with Crippen molar-refractivity contribution in [2.24, 2.45) is 0 Å². The lowest BCUT2D eigenvalue weighted by molar-refractivity contribution is -0.772. The third kappa shape index (κ3) is 6.99. The molecule has 2 rings (SSSR count). The molecule has 1 unspecified atom stereocenters. The zero-order chi connectivity index (χ0) is 18.3. The summed E-state index contributed by atoms with van der Waals surface area (Å²) in [5, 5.41) is 10.6. The maximum absolute atomic E-state index is 12.2. The second kappa shape index (κ2) is 9.59. The number of rotatable bonds is 7. The first-order chi connectivity index (χ1) is 11.9. The number of alkyl halides is 3. The largest absolute Gasteiger partial charge is 0.627 e. The normalized spacial score (nSPS) is 17.4. The van der Waals surface area contributed by atoms with Crippen molar-refractivity contribution < 1.29 is 23.0 Å². The Kier molecular flexibility index (Phi) is 7.78. The lowest BCUT2D eigenvalue weighted by Gasteiger charge is -2.21. The first kappa shape index (κ1) is 20.3. The zero-order valence-corrected chi connectivity index (χ0v) is 14.9. The monoisotopic (exact) mass is 375 g/mol. The van der Waals surface area contributed by atoms with Crippen LogP contribution in [0.15, 0.2) is 24.3 Å². The minimum atomic E-state index is -5.06. The van der Waals surface area contributed by atoms with Gasteiger partial charge in [0.25, 0.3) is 0 Å². The highest BCUT2D eigenvalue weighted by molar-refractivity contribution is 7.99. The molecule has 1 fully saturated rings. The molecular formula is C18H24F3NO2S. The lowest BCUT2D eigenvalue weighted by Crippen LogP contribution is -3.11.